The van der Waals surface area contributed by atoms with E-state index in [2.05, 4.69) is 0 Å². The molecule has 0 heterocycles. The second kappa shape index (κ2) is 9.56. The molecule has 0 saturated heterocycles. The van der Waals surface area contributed by atoms with Crippen molar-refractivity contribution in [3.63, 3.8) is 0 Å². The van der Waals surface area contributed by atoms with E-state index in [0.717, 1.165) is 0 Å². The third-order valence-electron chi connectivity index (χ3n) is 0. The van der Waals surface area contributed by atoms with E-state index in [9.17, 15) is 0 Å². The molecular weight excluding hydrogens is 209 g/mol. The number of carbonyl (C=O) groups is 1. The van der Waals surface area contributed by atoms with Crippen LogP contribution in [0.3, 0.4) is 0 Å². The van der Waals surface area contributed by atoms with E-state index in [1.807, 2.05) is 0 Å². The van der Waals surface area contributed by atoms with E-state index in [1.54, 1.807) is 0 Å². The van der Waals surface area contributed by atoms with Crippen LogP contribution in [-0.2, 0) is 0 Å². The maximum atomic E-state index is 8.56. The summed E-state index contributed by atoms with van der Waals surface area (Å²) in [7, 11) is 0. The van der Waals surface area contributed by atoms with Crippen molar-refractivity contribution in [1.29, 1.82) is 0 Å². The van der Waals surface area contributed by atoms with Crippen LogP contribution in [0, 0.1) is 0 Å². The molecular formula is CH5CsO4. The molecule has 0 fully saturated rings. The van der Waals surface area contributed by atoms with Gasteiger partial charge in [0.2, 0.25) is 0 Å². The second-order valence-corrected chi connectivity index (χ2v) is 0.283. The van der Waals surface area contributed by atoms with Crippen LogP contribution in [0.15, 0.2) is 0 Å². The molecule has 0 aromatic heterocycles. The van der Waals surface area contributed by atoms with Gasteiger partial charge in [0.1, 0.15) is 0 Å². The summed E-state index contributed by atoms with van der Waals surface area (Å²) in [5.74, 6) is 0. The van der Waals surface area contributed by atoms with Crippen molar-refractivity contribution in [2.75, 3.05) is 0 Å². The first kappa shape index (κ1) is 15.7. The SMILES string of the molecule is O.O=C(O)O.[CsH]. The Bertz CT molecular complexity index is 30.5. The molecule has 0 aromatic rings. The van der Waals surface area contributed by atoms with Gasteiger partial charge in [-0.25, -0.2) is 4.79 Å². The molecule has 34 valence electrons. The van der Waals surface area contributed by atoms with E-state index < -0.39 is 6.16 Å². The first-order valence-corrected chi connectivity index (χ1v) is 0.651. The van der Waals surface area contributed by atoms with Crippen molar-refractivity contribution in [2.24, 2.45) is 0 Å². The van der Waals surface area contributed by atoms with Crippen LogP contribution in [0.1, 0.15) is 0 Å². The molecule has 0 unspecified atom stereocenters. The van der Waals surface area contributed by atoms with Gasteiger partial charge in [0.05, 0.1) is 0 Å². The number of carboxylic acid groups (broad SMARTS) is 2. The number of rotatable bonds is 0. The fourth-order valence-corrected chi connectivity index (χ4v) is 0. The van der Waals surface area contributed by atoms with Crippen molar-refractivity contribution in [3.05, 3.63) is 0 Å². The molecule has 0 amide bonds. The quantitative estimate of drug-likeness (QED) is 0.527. The van der Waals surface area contributed by atoms with Gasteiger partial charge in [0.15, 0.2) is 0 Å². The zero-order valence-electron chi connectivity index (χ0n) is 2.30. The van der Waals surface area contributed by atoms with E-state index in [1.165, 1.54) is 0 Å². The van der Waals surface area contributed by atoms with Crippen LogP contribution in [0.4, 0.5) is 4.79 Å². The molecule has 0 aliphatic carbocycles. The number of hydrogen-bond donors (Lipinski definition) is 2. The minimum absolute atomic E-state index is 0. The Morgan fingerprint density at radius 2 is 1.33 bits per heavy atom. The summed E-state index contributed by atoms with van der Waals surface area (Å²) in [5, 5.41) is 13.9. The van der Waals surface area contributed by atoms with Gasteiger partial charge in [-0.2, -0.15) is 0 Å². The molecule has 0 atom stereocenters. The Hall–Kier alpha value is 1.28. The van der Waals surface area contributed by atoms with Crippen LogP contribution >= 0.6 is 0 Å². The van der Waals surface area contributed by atoms with Crippen molar-refractivity contribution < 1.29 is 20.5 Å². The Balaban J connectivity index is -0.0000000450. The zero-order valence-corrected chi connectivity index (χ0v) is 2.30. The summed E-state index contributed by atoms with van der Waals surface area (Å²) in [6, 6.07) is 0. The molecule has 0 aromatic carbocycles. The molecule has 0 saturated carbocycles. The molecule has 0 spiro atoms. The van der Waals surface area contributed by atoms with Crippen LogP contribution in [0.25, 0.3) is 0 Å². The summed E-state index contributed by atoms with van der Waals surface area (Å²) in [6.45, 7) is 0. The average Bonchev–Trinajstić information content (AvgIpc) is 0.811. The summed E-state index contributed by atoms with van der Waals surface area (Å²) in [5.41, 5.74) is 0. The van der Waals surface area contributed by atoms with Gasteiger partial charge >= 0.3 is 75.0 Å². The zero-order chi connectivity index (χ0) is 3.58. The van der Waals surface area contributed by atoms with Crippen LogP contribution in [0.2, 0.25) is 0 Å². The molecule has 4 N–H and O–H groups in total. The van der Waals surface area contributed by atoms with Crippen LogP contribution in [0.5, 0.6) is 0 Å². The van der Waals surface area contributed by atoms with E-state index in [4.69, 9.17) is 15.0 Å². The predicted octanol–water partition coefficient (Wildman–Crippen LogP) is -1.25. The maximum absolute atomic E-state index is 8.56. The minimum atomic E-state index is -1.83. The van der Waals surface area contributed by atoms with Gasteiger partial charge in [0.25, 0.3) is 0 Å². The summed E-state index contributed by atoms with van der Waals surface area (Å²) in [4.78, 5) is 8.56. The fraction of sp³-hybridized carbons (Fsp3) is 0. The van der Waals surface area contributed by atoms with E-state index in [0.29, 0.717) is 0 Å². The van der Waals surface area contributed by atoms with Gasteiger partial charge in [-0.05, 0) is 0 Å². The monoisotopic (exact) mass is 214 g/mol. The Morgan fingerprint density at radius 1 is 1.33 bits per heavy atom. The topological polar surface area (TPSA) is 89.0 Å². The van der Waals surface area contributed by atoms with Gasteiger partial charge in [-0.1, -0.05) is 0 Å². The van der Waals surface area contributed by atoms with Gasteiger partial charge in [-0.15, -0.1) is 0 Å². The van der Waals surface area contributed by atoms with Crippen molar-refractivity contribution in [3.8, 4) is 0 Å². The van der Waals surface area contributed by atoms with Crippen molar-refractivity contribution in [2.45, 2.75) is 0 Å². The van der Waals surface area contributed by atoms with E-state index in [-0.39, 0.29) is 74.4 Å². The predicted molar refractivity (Wildman–Crippen MR) is 21.4 cm³/mol. The summed E-state index contributed by atoms with van der Waals surface area (Å²) in [6.07, 6.45) is -1.83. The molecule has 0 aliphatic rings. The average molecular weight is 214 g/mol. The first-order chi connectivity index (χ1) is 1.73. The molecule has 0 rings (SSSR count). The van der Waals surface area contributed by atoms with Crippen molar-refractivity contribution >= 4 is 75.0 Å². The van der Waals surface area contributed by atoms with Gasteiger partial charge < -0.3 is 15.7 Å². The van der Waals surface area contributed by atoms with Crippen LogP contribution < -0.4 is 0 Å². The van der Waals surface area contributed by atoms with Gasteiger partial charge in [-0.3, -0.25) is 0 Å². The normalized spacial score (nSPS) is 4.00. The second-order valence-electron chi connectivity index (χ2n) is 0.283. The molecule has 0 radical (unpaired) electrons. The Kier molecular flexibility index (Phi) is 25.0. The molecule has 0 bridgehead atoms. The number of hydrogen-bond acceptors (Lipinski definition) is 1. The standard InChI is InChI=1S/CH2O3.Cs.H2O.H/c2-1(3)4;;;/h(H2,2,3,4);;1H2;. The molecule has 4 nitrogen and oxygen atoms in total. The molecule has 0 aliphatic heterocycles. The molecule has 6 heavy (non-hydrogen) atoms. The third kappa shape index (κ3) is 58.9. The summed E-state index contributed by atoms with van der Waals surface area (Å²) >= 11 is 0. The fourth-order valence-electron chi connectivity index (χ4n) is 0. The van der Waals surface area contributed by atoms with Gasteiger partial charge in [0, 0.05) is 0 Å². The van der Waals surface area contributed by atoms with E-state index >= 15 is 0 Å². The van der Waals surface area contributed by atoms with Crippen molar-refractivity contribution in [1.82, 2.24) is 0 Å². The first-order valence-electron chi connectivity index (χ1n) is 0.651. The summed E-state index contributed by atoms with van der Waals surface area (Å²) < 4.78 is 0. The Morgan fingerprint density at radius 3 is 1.33 bits per heavy atom. The molecule has 5 heteroatoms. The third-order valence-corrected chi connectivity index (χ3v) is 0. The van der Waals surface area contributed by atoms with Crippen LogP contribution in [-0.4, -0.2) is 90.7 Å². The Labute approximate surface area is 93.3 Å².